The van der Waals surface area contributed by atoms with Gasteiger partial charge in [-0.2, -0.15) is 0 Å². The number of hydrogen-bond donors (Lipinski definition) is 0. The Hall–Kier alpha value is -1.32. The summed E-state index contributed by atoms with van der Waals surface area (Å²) in [5, 5.41) is 7.02. The zero-order chi connectivity index (χ0) is 5.82. The first kappa shape index (κ1) is 4.83. The second-order valence-corrected chi connectivity index (χ2v) is 1.13. The highest BCUT2D eigenvalue weighted by atomic mass is 15.2. The van der Waals surface area contributed by atoms with Crippen LogP contribution in [0.25, 0.3) is 0 Å². The van der Waals surface area contributed by atoms with Gasteiger partial charge in [-0.3, -0.25) is 0 Å². The monoisotopic (exact) mass is 108 g/mol. The lowest BCUT2D eigenvalue weighted by molar-refractivity contribution is 0.967. The number of rotatable bonds is 1. The molecule has 0 atom stereocenters. The molecule has 1 rings (SSSR count). The van der Waals surface area contributed by atoms with Gasteiger partial charge in [-0.1, -0.05) is 0 Å². The van der Waals surface area contributed by atoms with Gasteiger partial charge in [-0.05, 0) is 6.72 Å². The second kappa shape index (κ2) is 2.11. The summed E-state index contributed by atoms with van der Waals surface area (Å²) in [6.45, 7) is 3.24. The first-order valence-electron chi connectivity index (χ1n) is 2.03. The van der Waals surface area contributed by atoms with E-state index in [0.717, 1.165) is 0 Å². The molecule has 0 N–H and O–H groups in total. The molecule has 0 fully saturated rings. The van der Waals surface area contributed by atoms with E-state index < -0.39 is 0 Å². The average molecular weight is 108 g/mol. The Balaban J connectivity index is 2.99. The summed E-state index contributed by atoms with van der Waals surface area (Å²) < 4.78 is 0. The normalized spacial score (nSPS) is 8.50. The SMILES string of the molecule is C=Nc1cncnn1. The average Bonchev–Trinajstić information content (AvgIpc) is 1.90. The predicted octanol–water partition coefficient (Wildman–Crippen LogP) is 0.204. The third kappa shape index (κ3) is 0.841. The van der Waals surface area contributed by atoms with E-state index >= 15 is 0 Å². The summed E-state index contributed by atoms with van der Waals surface area (Å²) in [6, 6.07) is 0. The smallest absolute Gasteiger partial charge is 0.192 e. The highest BCUT2D eigenvalue weighted by Gasteiger charge is 1.81. The summed E-state index contributed by atoms with van der Waals surface area (Å²) in [5.74, 6) is 0.451. The molecule has 0 aromatic carbocycles. The fourth-order valence-corrected chi connectivity index (χ4v) is 0.313. The van der Waals surface area contributed by atoms with Crippen LogP contribution in [0.1, 0.15) is 0 Å². The largest absolute Gasteiger partial charge is 0.242 e. The molecule has 0 radical (unpaired) electrons. The molecule has 4 heteroatoms. The van der Waals surface area contributed by atoms with E-state index in [-0.39, 0.29) is 0 Å². The van der Waals surface area contributed by atoms with Crippen molar-refractivity contribution in [2.24, 2.45) is 4.99 Å². The molecule has 8 heavy (non-hydrogen) atoms. The zero-order valence-corrected chi connectivity index (χ0v) is 4.15. The van der Waals surface area contributed by atoms with Gasteiger partial charge >= 0.3 is 0 Å². The summed E-state index contributed by atoms with van der Waals surface area (Å²) in [7, 11) is 0. The molecule has 0 aliphatic carbocycles. The third-order valence-electron chi connectivity index (χ3n) is 0.631. The van der Waals surface area contributed by atoms with E-state index in [2.05, 4.69) is 26.9 Å². The number of nitrogens with zero attached hydrogens (tertiary/aromatic N) is 4. The molecule has 4 nitrogen and oxygen atoms in total. The first-order valence-corrected chi connectivity index (χ1v) is 2.03. The third-order valence-corrected chi connectivity index (χ3v) is 0.631. The van der Waals surface area contributed by atoms with E-state index in [1.54, 1.807) is 0 Å². The number of aromatic nitrogens is 3. The molecular weight excluding hydrogens is 104 g/mol. The van der Waals surface area contributed by atoms with Crippen LogP contribution in [0.3, 0.4) is 0 Å². The highest BCUT2D eigenvalue weighted by Crippen LogP contribution is 1.96. The Bertz CT molecular complexity index is 171. The van der Waals surface area contributed by atoms with Crippen LogP contribution < -0.4 is 0 Å². The molecule has 1 aromatic heterocycles. The van der Waals surface area contributed by atoms with Gasteiger partial charge in [0.05, 0.1) is 6.20 Å². The van der Waals surface area contributed by atoms with E-state index in [4.69, 9.17) is 0 Å². The summed E-state index contributed by atoms with van der Waals surface area (Å²) >= 11 is 0. The topological polar surface area (TPSA) is 51.0 Å². The van der Waals surface area contributed by atoms with Crippen LogP contribution in [0.15, 0.2) is 17.5 Å². The van der Waals surface area contributed by atoms with Crippen LogP contribution in [0.5, 0.6) is 0 Å². The van der Waals surface area contributed by atoms with Gasteiger partial charge in [-0.25, -0.2) is 9.98 Å². The molecule has 0 saturated heterocycles. The van der Waals surface area contributed by atoms with Crippen LogP contribution in [-0.2, 0) is 0 Å². The maximum atomic E-state index is 3.65. The van der Waals surface area contributed by atoms with Gasteiger partial charge in [-0.15, -0.1) is 10.2 Å². The van der Waals surface area contributed by atoms with Crippen molar-refractivity contribution in [1.29, 1.82) is 0 Å². The van der Waals surface area contributed by atoms with Crippen LogP contribution in [0, 0.1) is 0 Å². The molecule has 0 spiro atoms. The maximum absolute atomic E-state index is 3.65. The molecular formula is C4H4N4. The lowest BCUT2D eigenvalue weighted by atomic mass is 10.8. The van der Waals surface area contributed by atoms with Crippen molar-refractivity contribution in [1.82, 2.24) is 15.2 Å². The van der Waals surface area contributed by atoms with E-state index in [1.807, 2.05) is 0 Å². The number of aliphatic imine (C=N–C) groups is 1. The van der Waals surface area contributed by atoms with Gasteiger partial charge < -0.3 is 0 Å². The fraction of sp³-hybridized carbons (Fsp3) is 0. The molecule has 0 saturated carbocycles. The Morgan fingerprint density at radius 3 is 2.88 bits per heavy atom. The van der Waals surface area contributed by atoms with E-state index in [0.29, 0.717) is 5.82 Å². The lowest BCUT2D eigenvalue weighted by Crippen LogP contribution is -1.79. The van der Waals surface area contributed by atoms with Crippen LogP contribution >= 0.6 is 0 Å². The Kier molecular flexibility index (Phi) is 1.27. The second-order valence-electron chi connectivity index (χ2n) is 1.13. The van der Waals surface area contributed by atoms with Gasteiger partial charge in [0.25, 0.3) is 0 Å². The quantitative estimate of drug-likeness (QED) is 0.483. The van der Waals surface area contributed by atoms with Crippen molar-refractivity contribution in [3.63, 3.8) is 0 Å². The van der Waals surface area contributed by atoms with E-state index in [9.17, 15) is 0 Å². The van der Waals surface area contributed by atoms with Crippen molar-refractivity contribution in [3.8, 4) is 0 Å². The van der Waals surface area contributed by atoms with Crippen molar-refractivity contribution >= 4 is 12.5 Å². The van der Waals surface area contributed by atoms with Gasteiger partial charge in [0.1, 0.15) is 6.33 Å². The molecule has 0 unspecified atom stereocenters. The maximum Gasteiger partial charge on any atom is 0.192 e. The predicted molar refractivity (Wildman–Crippen MR) is 29.0 cm³/mol. The molecule has 1 aromatic rings. The van der Waals surface area contributed by atoms with Gasteiger partial charge in [0, 0.05) is 0 Å². The molecule has 0 amide bonds. The minimum absolute atomic E-state index is 0.451. The van der Waals surface area contributed by atoms with Crippen molar-refractivity contribution in [2.45, 2.75) is 0 Å². The lowest BCUT2D eigenvalue weighted by Gasteiger charge is -1.81. The van der Waals surface area contributed by atoms with E-state index in [1.165, 1.54) is 12.5 Å². The van der Waals surface area contributed by atoms with Gasteiger partial charge in [0.15, 0.2) is 5.82 Å². The highest BCUT2D eigenvalue weighted by molar-refractivity contribution is 5.36. The Morgan fingerprint density at radius 1 is 1.62 bits per heavy atom. The van der Waals surface area contributed by atoms with Crippen molar-refractivity contribution < 1.29 is 0 Å². The standard InChI is InChI=1S/C4H4N4/c1-5-4-2-6-3-7-8-4/h2-3H,1H2. The minimum atomic E-state index is 0.451. The van der Waals surface area contributed by atoms with Crippen LogP contribution in [0.4, 0.5) is 5.82 Å². The van der Waals surface area contributed by atoms with Crippen molar-refractivity contribution in [3.05, 3.63) is 12.5 Å². The zero-order valence-electron chi connectivity index (χ0n) is 4.15. The molecule has 0 aliphatic heterocycles. The molecule has 0 aliphatic rings. The molecule has 0 bridgehead atoms. The number of hydrogen-bond acceptors (Lipinski definition) is 4. The summed E-state index contributed by atoms with van der Waals surface area (Å²) in [5.41, 5.74) is 0. The van der Waals surface area contributed by atoms with Crippen LogP contribution in [0.2, 0.25) is 0 Å². The fourth-order valence-electron chi connectivity index (χ4n) is 0.313. The first-order chi connectivity index (χ1) is 3.93. The minimum Gasteiger partial charge on any atom is -0.242 e. The van der Waals surface area contributed by atoms with Crippen molar-refractivity contribution in [2.75, 3.05) is 0 Å². The Morgan fingerprint density at radius 2 is 2.50 bits per heavy atom. The summed E-state index contributed by atoms with van der Waals surface area (Å²) in [4.78, 5) is 7.13. The summed E-state index contributed by atoms with van der Waals surface area (Å²) in [6.07, 6.45) is 2.83. The molecule has 1 heterocycles. The van der Waals surface area contributed by atoms with Crippen LogP contribution in [-0.4, -0.2) is 21.9 Å². The Labute approximate surface area is 46.3 Å². The van der Waals surface area contributed by atoms with Gasteiger partial charge in [0.2, 0.25) is 0 Å². The molecule has 40 valence electrons.